The summed E-state index contributed by atoms with van der Waals surface area (Å²) in [5.41, 5.74) is 1.49. The van der Waals surface area contributed by atoms with Gasteiger partial charge in [0.25, 0.3) is 0 Å². The number of hydrogen-bond donors (Lipinski definition) is 1. The average Bonchev–Trinajstić information content (AvgIpc) is 2.75. The summed E-state index contributed by atoms with van der Waals surface area (Å²) in [5.74, 6) is -1.81. The first-order valence-corrected chi connectivity index (χ1v) is 12.2. The van der Waals surface area contributed by atoms with Crippen molar-refractivity contribution >= 4 is 18.0 Å². The lowest BCUT2D eigenvalue weighted by Crippen LogP contribution is -2.52. The quantitative estimate of drug-likeness (QED) is 0.380. The highest BCUT2D eigenvalue weighted by molar-refractivity contribution is 5.83. The van der Waals surface area contributed by atoms with E-state index >= 15 is 0 Å². The highest BCUT2D eigenvalue weighted by Gasteiger charge is 2.35. The molecule has 0 saturated heterocycles. The van der Waals surface area contributed by atoms with Crippen molar-refractivity contribution in [2.24, 2.45) is 0 Å². The molecule has 0 heterocycles. The zero-order chi connectivity index (χ0) is 27.1. The molecule has 0 bridgehead atoms. The van der Waals surface area contributed by atoms with Crippen LogP contribution in [-0.2, 0) is 30.2 Å². The molecule has 2 unspecified atom stereocenters. The van der Waals surface area contributed by atoms with Crippen molar-refractivity contribution in [1.82, 2.24) is 5.32 Å². The maximum atomic E-state index is 13.0. The van der Waals surface area contributed by atoms with Crippen LogP contribution in [0.3, 0.4) is 0 Å². The Morgan fingerprint density at radius 3 is 1.94 bits per heavy atom. The van der Waals surface area contributed by atoms with E-state index in [1.165, 1.54) is 5.56 Å². The zero-order valence-corrected chi connectivity index (χ0v) is 22.6. The minimum atomic E-state index is -1.24. The summed E-state index contributed by atoms with van der Waals surface area (Å²) in [6.45, 7) is 13.6. The van der Waals surface area contributed by atoms with E-state index in [-0.39, 0.29) is 0 Å². The number of esters is 2. The van der Waals surface area contributed by atoms with Gasteiger partial charge < -0.3 is 19.5 Å². The molecule has 7 heteroatoms. The topological polar surface area (TPSA) is 90.9 Å². The van der Waals surface area contributed by atoms with Gasteiger partial charge in [-0.1, -0.05) is 54.6 Å². The number of carbonyl (C=O) groups excluding carboxylic acids is 3. The van der Waals surface area contributed by atoms with Crippen molar-refractivity contribution in [3.63, 3.8) is 0 Å². The van der Waals surface area contributed by atoms with Gasteiger partial charge in [0.15, 0.2) is 6.04 Å². The molecule has 1 N–H and O–H groups in total. The van der Waals surface area contributed by atoms with Crippen LogP contribution in [0.5, 0.6) is 0 Å². The molecule has 2 aromatic carbocycles. The maximum Gasteiger partial charge on any atom is 0.408 e. The van der Waals surface area contributed by atoms with Gasteiger partial charge in [-0.05, 0) is 78.5 Å². The normalized spacial score (nSPS) is 14.2. The van der Waals surface area contributed by atoms with Crippen LogP contribution in [0.4, 0.5) is 4.79 Å². The van der Waals surface area contributed by atoms with Crippen molar-refractivity contribution < 1.29 is 28.6 Å². The number of rotatable bonds is 8. The third-order valence-electron chi connectivity index (χ3n) is 5.16. The van der Waals surface area contributed by atoms with Gasteiger partial charge in [-0.2, -0.15) is 0 Å². The molecule has 2 aromatic rings. The van der Waals surface area contributed by atoms with Crippen molar-refractivity contribution in [2.75, 3.05) is 0 Å². The fraction of sp³-hybridized carbons (Fsp3) is 0.483. The van der Waals surface area contributed by atoms with Crippen LogP contribution in [0.25, 0.3) is 0 Å². The molecule has 0 aliphatic heterocycles. The molecule has 7 nitrogen and oxygen atoms in total. The molecule has 0 aliphatic rings. The Bertz CT molecular complexity index is 1040. The minimum Gasteiger partial charge on any atom is -0.459 e. The van der Waals surface area contributed by atoms with Gasteiger partial charge in [0, 0.05) is 0 Å². The van der Waals surface area contributed by atoms with E-state index in [9.17, 15) is 14.4 Å². The number of benzene rings is 2. The molecule has 0 aromatic heterocycles. The van der Waals surface area contributed by atoms with E-state index in [1.807, 2.05) is 42.5 Å². The lowest BCUT2D eigenvalue weighted by Gasteiger charge is -2.29. The molecule has 3 atom stereocenters. The number of hydrogen-bond acceptors (Lipinski definition) is 6. The molecule has 0 fully saturated rings. The SMILES string of the molecule is CC(C(=O)OC(C)[C@H](NC(=O)OC(C)(C)C)C(=O)OC(C)(C)C)c1cccc(Cc2ccccc2)c1. The van der Waals surface area contributed by atoms with E-state index < -0.39 is 47.3 Å². The molecule has 2 rings (SSSR count). The van der Waals surface area contributed by atoms with Gasteiger partial charge in [-0.25, -0.2) is 9.59 Å². The Hall–Kier alpha value is -3.35. The Kier molecular flexibility index (Phi) is 9.68. The van der Waals surface area contributed by atoms with Gasteiger partial charge >= 0.3 is 18.0 Å². The third-order valence-corrected chi connectivity index (χ3v) is 5.16. The molecular formula is C29H39NO6. The lowest BCUT2D eigenvalue weighted by molar-refractivity contribution is -0.165. The van der Waals surface area contributed by atoms with Crippen molar-refractivity contribution in [1.29, 1.82) is 0 Å². The Balaban J connectivity index is 2.14. The highest BCUT2D eigenvalue weighted by Crippen LogP contribution is 2.22. The van der Waals surface area contributed by atoms with Gasteiger partial charge in [0.1, 0.15) is 17.3 Å². The number of amides is 1. The zero-order valence-electron chi connectivity index (χ0n) is 22.6. The minimum absolute atomic E-state index is 0.515. The number of carbonyl (C=O) groups is 3. The largest absolute Gasteiger partial charge is 0.459 e. The van der Waals surface area contributed by atoms with E-state index in [1.54, 1.807) is 55.4 Å². The van der Waals surface area contributed by atoms with Crippen LogP contribution >= 0.6 is 0 Å². The van der Waals surface area contributed by atoms with Crippen molar-refractivity contribution in [3.05, 3.63) is 71.3 Å². The fourth-order valence-corrected chi connectivity index (χ4v) is 3.46. The van der Waals surface area contributed by atoms with E-state index in [0.717, 1.165) is 17.5 Å². The van der Waals surface area contributed by atoms with Crippen LogP contribution in [0.2, 0.25) is 0 Å². The first-order chi connectivity index (χ1) is 16.6. The summed E-state index contributed by atoms with van der Waals surface area (Å²) in [5, 5.41) is 2.50. The Morgan fingerprint density at radius 1 is 0.778 bits per heavy atom. The van der Waals surface area contributed by atoms with Crippen LogP contribution in [-0.4, -0.2) is 41.4 Å². The summed E-state index contributed by atoms with van der Waals surface area (Å²) in [4.78, 5) is 38.3. The molecular weight excluding hydrogens is 458 g/mol. The number of nitrogens with one attached hydrogen (secondary N) is 1. The predicted molar refractivity (Wildman–Crippen MR) is 139 cm³/mol. The first kappa shape index (κ1) is 28.9. The summed E-state index contributed by atoms with van der Waals surface area (Å²) in [6, 6.07) is 16.6. The molecule has 1 amide bonds. The maximum absolute atomic E-state index is 13.0. The van der Waals surface area contributed by atoms with E-state index in [4.69, 9.17) is 14.2 Å². The Morgan fingerprint density at radius 2 is 1.36 bits per heavy atom. The second-order valence-electron chi connectivity index (χ2n) is 10.9. The second-order valence-corrected chi connectivity index (χ2v) is 10.9. The van der Waals surface area contributed by atoms with Crippen LogP contribution < -0.4 is 5.32 Å². The molecule has 0 spiro atoms. The fourth-order valence-electron chi connectivity index (χ4n) is 3.46. The Labute approximate surface area is 214 Å². The third kappa shape index (κ3) is 9.72. The van der Waals surface area contributed by atoms with Crippen molar-refractivity contribution in [2.45, 2.75) is 91.1 Å². The molecule has 196 valence electrons. The summed E-state index contributed by atoms with van der Waals surface area (Å²) >= 11 is 0. The van der Waals surface area contributed by atoms with Crippen LogP contribution in [0.1, 0.15) is 78.0 Å². The summed E-state index contributed by atoms with van der Waals surface area (Å²) in [6.07, 6.45) is -1.05. The van der Waals surface area contributed by atoms with E-state index in [2.05, 4.69) is 17.4 Å². The van der Waals surface area contributed by atoms with Crippen molar-refractivity contribution in [3.8, 4) is 0 Å². The van der Waals surface area contributed by atoms with Crippen LogP contribution in [0, 0.1) is 0 Å². The van der Waals surface area contributed by atoms with Gasteiger partial charge in [0.05, 0.1) is 5.92 Å². The molecule has 0 aliphatic carbocycles. The van der Waals surface area contributed by atoms with E-state index in [0.29, 0.717) is 0 Å². The average molecular weight is 498 g/mol. The molecule has 0 radical (unpaired) electrons. The van der Waals surface area contributed by atoms with Gasteiger partial charge in [0.2, 0.25) is 0 Å². The monoisotopic (exact) mass is 497 g/mol. The number of ether oxygens (including phenoxy) is 3. The molecule has 0 saturated carbocycles. The van der Waals surface area contributed by atoms with Crippen LogP contribution in [0.15, 0.2) is 54.6 Å². The standard InChI is InChI=1S/C29H39NO6/c1-19(23-16-12-15-22(18-23)17-21-13-10-9-11-14-21)25(31)34-20(2)24(26(32)35-28(3,4)5)30-27(33)36-29(6,7)8/h9-16,18-20,24H,17H2,1-8H3,(H,30,33)/t19?,20?,24-/m0/s1. The summed E-state index contributed by atoms with van der Waals surface area (Å²) < 4.78 is 16.4. The highest BCUT2D eigenvalue weighted by atomic mass is 16.6. The predicted octanol–water partition coefficient (Wildman–Crippen LogP) is 5.55. The second kappa shape index (κ2) is 12.1. The smallest absolute Gasteiger partial charge is 0.408 e. The van der Waals surface area contributed by atoms with Gasteiger partial charge in [-0.3, -0.25) is 4.79 Å². The number of alkyl carbamates (subject to hydrolysis) is 1. The lowest BCUT2D eigenvalue weighted by atomic mass is 9.96. The van der Waals surface area contributed by atoms with Gasteiger partial charge in [-0.15, -0.1) is 0 Å². The summed E-state index contributed by atoms with van der Waals surface area (Å²) in [7, 11) is 0. The molecule has 36 heavy (non-hydrogen) atoms. The first-order valence-electron chi connectivity index (χ1n) is 12.2.